The Kier molecular flexibility index (Phi) is 7.71. The first kappa shape index (κ1) is 27.2. The van der Waals surface area contributed by atoms with Crippen LogP contribution in [0, 0.1) is 6.92 Å². The highest BCUT2D eigenvalue weighted by atomic mass is 14.2. The molecule has 0 aromatic heterocycles. The Morgan fingerprint density at radius 1 is 0.643 bits per heavy atom. The monoisotopic (exact) mass is 540 g/mol. The molecule has 0 unspecified atom stereocenters. The summed E-state index contributed by atoms with van der Waals surface area (Å²) in [5, 5.41) is 5.06. The van der Waals surface area contributed by atoms with E-state index in [-0.39, 0.29) is 0 Å². The largest absolute Gasteiger partial charge is 0.0984 e. The molecule has 6 aromatic rings. The number of benzene rings is 6. The van der Waals surface area contributed by atoms with E-state index in [1.54, 1.807) is 0 Å². The molecule has 0 aliphatic rings. The first-order chi connectivity index (χ1) is 20.6. The van der Waals surface area contributed by atoms with E-state index >= 15 is 0 Å². The average Bonchev–Trinajstić information content (AvgIpc) is 3.04. The molecule has 0 heterocycles. The van der Waals surface area contributed by atoms with Gasteiger partial charge >= 0.3 is 0 Å². The van der Waals surface area contributed by atoms with Crippen molar-refractivity contribution >= 4 is 33.2 Å². The molecule has 0 aliphatic carbocycles. The maximum absolute atomic E-state index is 4.08. The molecule has 0 saturated heterocycles. The molecule has 0 fully saturated rings. The van der Waals surface area contributed by atoms with Crippen LogP contribution in [-0.4, -0.2) is 0 Å². The quantitative estimate of drug-likeness (QED) is 0.139. The molecule has 0 heteroatoms. The summed E-state index contributed by atoms with van der Waals surface area (Å²) < 4.78 is 0. The lowest BCUT2D eigenvalue weighted by molar-refractivity contribution is 1.22. The molecule has 0 bridgehead atoms. The lowest BCUT2D eigenvalue weighted by atomic mass is 9.84. The Morgan fingerprint density at radius 2 is 1.24 bits per heavy atom. The molecule has 6 rings (SSSR count). The van der Waals surface area contributed by atoms with Crippen LogP contribution in [0.4, 0.5) is 0 Å². The fourth-order valence-electron chi connectivity index (χ4n) is 6.20. The van der Waals surface area contributed by atoms with E-state index in [0.717, 1.165) is 12.0 Å². The molecular formula is C42H36. The van der Waals surface area contributed by atoms with Gasteiger partial charge in [0.05, 0.1) is 0 Å². The predicted molar refractivity (Wildman–Crippen MR) is 186 cm³/mol. The highest BCUT2D eigenvalue weighted by molar-refractivity contribution is 6.21. The molecule has 204 valence electrons. The molecule has 6 aromatic carbocycles. The molecule has 0 atom stereocenters. The van der Waals surface area contributed by atoms with Gasteiger partial charge in [-0.05, 0) is 110 Å². The van der Waals surface area contributed by atoms with Crippen LogP contribution in [0.25, 0.3) is 66.6 Å². The minimum atomic E-state index is 1.02. The molecule has 42 heavy (non-hydrogen) atoms. The van der Waals surface area contributed by atoms with Crippen molar-refractivity contribution in [3.63, 3.8) is 0 Å². The molecule has 0 nitrogen and oxygen atoms in total. The van der Waals surface area contributed by atoms with Crippen molar-refractivity contribution in [3.8, 4) is 33.4 Å². The topological polar surface area (TPSA) is 0 Å². The summed E-state index contributed by atoms with van der Waals surface area (Å²) in [5.74, 6) is 0. The first-order valence-corrected chi connectivity index (χ1v) is 14.8. The van der Waals surface area contributed by atoms with Gasteiger partial charge < -0.3 is 0 Å². The third kappa shape index (κ3) is 4.91. The Morgan fingerprint density at radius 3 is 1.83 bits per heavy atom. The van der Waals surface area contributed by atoms with Gasteiger partial charge in [-0.2, -0.15) is 0 Å². The zero-order chi connectivity index (χ0) is 29.1. The fourth-order valence-corrected chi connectivity index (χ4v) is 6.20. The van der Waals surface area contributed by atoms with Crippen molar-refractivity contribution in [1.82, 2.24) is 0 Å². The standard InChI is InChI=1S/C42H36/c1-5-8-16-30(6-2)32-18-15-19-33(27-32)41-36-21-11-13-23-38(36)42(39-24-14-12-22-37(39)41)34-26-25-29(4)40(28-34)35-20-10-9-17-31(35)7-3/h6-28H,3,5H2,1-2,4H3/b16-8-,30-6+. The minimum absolute atomic E-state index is 1.02. The third-order valence-electron chi connectivity index (χ3n) is 8.26. The summed E-state index contributed by atoms with van der Waals surface area (Å²) >= 11 is 0. The van der Waals surface area contributed by atoms with Gasteiger partial charge in [0.15, 0.2) is 0 Å². The number of hydrogen-bond acceptors (Lipinski definition) is 0. The van der Waals surface area contributed by atoms with E-state index in [9.17, 15) is 0 Å². The Hall–Kier alpha value is -4.94. The maximum atomic E-state index is 4.08. The first-order valence-electron chi connectivity index (χ1n) is 14.8. The van der Waals surface area contributed by atoms with E-state index in [0.29, 0.717) is 0 Å². The van der Waals surface area contributed by atoms with E-state index in [1.165, 1.54) is 71.6 Å². The zero-order valence-corrected chi connectivity index (χ0v) is 24.7. The Balaban J connectivity index is 1.64. The van der Waals surface area contributed by atoms with Crippen molar-refractivity contribution in [3.05, 3.63) is 157 Å². The fraction of sp³-hybridized carbons (Fsp3) is 0.0952. The molecule has 0 aliphatic heterocycles. The van der Waals surface area contributed by atoms with Crippen molar-refractivity contribution in [2.75, 3.05) is 0 Å². The lowest BCUT2D eigenvalue weighted by Crippen LogP contribution is -1.93. The normalized spacial score (nSPS) is 11.9. The maximum Gasteiger partial charge on any atom is -0.00262 e. The Labute approximate surface area is 250 Å². The van der Waals surface area contributed by atoms with Crippen LogP contribution in [0.15, 0.2) is 140 Å². The smallest absolute Gasteiger partial charge is 0.00262 e. The van der Waals surface area contributed by atoms with Crippen molar-refractivity contribution < 1.29 is 0 Å². The number of fused-ring (bicyclic) bond motifs is 2. The molecule has 0 radical (unpaired) electrons. The van der Waals surface area contributed by atoms with Gasteiger partial charge in [0.25, 0.3) is 0 Å². The molecular weight excluding hydrogens is 504 g/mol. The van der Waals surface area contributed by atoms with Crippen molar-refractivity contribution in [2.24, 2.45) is 0 Å². The highest BCUT2D eigenvalue weighted by Crippen LogP contribution is 2.45. The number of allylic oxidation sites excluding steroid dienone is 4. The lowest BCUT2D eigenvalue weighted by Gasteiger charge is -2.19. The van der Waals surface area contributed by atoms with Crippen LogP contribution in [0.5, 0.6) is 0 Å². The van der Waals surface area contributed by atoms with Crippen LogP contribution in [0.3, 0.4) is 0 Å². The second kappa shape index (κ2) is 11.9. The van der Waals surface area contributed by atoms with Crippen LogP contribution < -0.4 is 0 Å². The van der Waals surface area contributed by atoms with Gasteiger partial charge in [-0.3, -0.25) is 0 Å². The van der Waals surface area contributed by atoms with Gasteiger partial charge in [0.1, 0.15) is 0 Å². The summed E-state index contributed by atoms with van der Waals surface area (Å²) in [6.07, 6.45) is 9.63. The number of aryl methyl sites for hydroxylation is 1. The van der Waals surface area contributed by atoms with Gasteiger partial charge in [-0.25, -0.2) is 0 Å². The number of hydrogen-bond donors (Lipinski definition) is 0. The van der Waals surface area contributed by atoms with Crippen LogP contribution in [0.2, 0.25) is 0 Å². The average molecular weight is 541 g/mol. The SMILES string of the molecule is C=Cc1ccccc1-c1cc(-c2c3ccccc3c(-c3cccc(C(/C=C\CC)=C/C)c3)c3ccccc23)ccc1C. The van der Waals surface area contributed by atoms with E-state index in [4.69, 9.17) is 0 Å². The summed E-state index contributed by atoms with van der Waals surface area (Å²) in [7, 11) is 0. The van der Waals surface area contributed by atoms with E-state index in [1.807, 2.05) is 6.08 Å². The summed E-state index contributed by atoms with van der Waals surface area (Å²) in [6, 6.07) is 42.2. The van der Waals surface area contributed by atoms with Gasteiger partial charge in [0, 0.05) is 0 Å². The van der Waals surface area contributed by atoms with Crippen molar-refractivity contribution in [2.45, 2.75) is 27.2 Å². The minimum Gasteiger partial charge on any atom is -0.0984 e. The highest BCUT2D eigenvalue weighted by Gasteiger charge is 2.18. The zero-order valence-electron chi connectivity index (χ0n) is 24.7. The van der Waals surface area contributed by atoms with E-state index < -0.39 is 0 Å². The van der Waals surface area contributed by atoms with Gasteiger partial charge in [-0.15, -0.1) is 0 Å². The molecule has 0 spiro atoms. The summed E-state index contributed by atoms with van der Waals surface area (Å²) in [5.41, 5.74) is 12.4. The second-order valence-corrected chi connectivity index (χ2v) is 10.8. The second-order valence-electron chi connectivity index (χ2n) is 10.8. The number of rotatable bonds is 7. The van der Waals surface area contributed by atoms with E-state index in [2.05, 4.69) is 161 Å². The summed E-state index contributed by atoms with van der Waals surface area (Å²) in [6.45, 7) is 10.6. The third-order valence-corrected chi connectivity index (χ3v) is 8.26. The van der Waals surface area contributed by atoms with Gasteiger partial charge in [-0.1, -0.05) is 141 Å². The molecule has 0 saturated carbocycles. The molecule has 0 amide bonds. The van der Waals surface area contributed by atoms with Crippen molar-refractivity contribution in [1.29, 1.82) is 0 Å². The Bertz CT molecular complexity index is 1940. The summed E-state index contributed by atoms with van der Waals surface area (Å²) in [4.78, 5) is 0. The van der Waals surface area contributed by atoms with Gasteiger partial charge in [0.2, 0.25) is 0 Å². The van der Waals surface area contributed by atoms with Crippen LogP contribution >= 0.6 is 0 Å². The predicted octanol–water partition coefficient (Wildman–Crippen LogP) is 12.3. The van der Waals surface area contributed by atoms with Crippen LogP contribution in [-0.2, 0) is 0 Å². The molecule has 0 N–H and O–H groups in total. The van der Waals surface area contributed by atoms with Crippen LogP contribution in [0.1, 0.15) is 37.0 Å².